The van der Waals surface area contributed by atoms with Gasteiger partial charge in [-0.25, -0.2) is 9.13 Å². The Balaban J connectivity index is 5.25. The predicted octanol–water partition coefficient (Wildman–Crippen LogP) is 20.8. The minimum atomic E-state index is -4.95. The largest absolute Gasteiger partial charge is 0.472 e. The van der Waals surface area contributed by atoms with Crippen molar-refractivity contribution in [1.82, 2.24) is 0 Å². The van der Waals surface area contributed by atoms with Crippen molar-refractivity contribution >= 4 is 39.5 Å². The van der Waals surface area contributed by atoms with Gasteiger partial charge in [-0.05, 0) is 37.5 Å². The van der Waals surface area contributed by atoms with Crippen molar-refractivity contribution in [2.45, 2.75) is 387 Å². The first kappa shape index (κ1) is 89.1. The minimum Gasteiger partial charge on any atom is -0.462 e. The average molecular weight is 1340 g/mol. The Morgan fingerprint density at radius 2 is 0.560 bits per heavy atom. The zero-order valence-corrected chi connectivity index (χ0v) is 60.9. The molecule has 0 aromatic carbocycles. The van der Waals surface area contributed by atoms with Crippen LogP contribution in [0.2, 0.25) is 0 Å². The van der Waals surface area contributed by atoms with E-state index in [2.05, 4.69) is 41.5 Å². The Kier molecular flexibility index (Phi) is 62.7. The first-order valence-corrected chi connectivity index (χ1v) is 40.5. The monoisotopic (exact) mass is 1340 g/mol. The van der Waals surface area contributed by atoms with Crippen LogP contribution < -0.4 is 0 Å². The standard InChI is InChI=1S/C72H140O17P2/c1-7-10-12-14-16-18-20-22-24-25-27-29-31-36-44-50-56-71(76)88-67(60-82-69(74)54-48-42-35-30-28-26-23-21-19-17-15-13-11-8-2)62-86-90(78,79)84-58-66(73)59-85-91(80,81)87-63-68(61-83-70(75)55-49-43-39-38-41-47-53-65(6)9-3)89-72(77)57-51-45-37-33-32-34-40-46-52-64(4)5/h64-68,73H,7-63H2,1-6H3,(H,78,79)(H,80,81)/t65?,66-,67-,68-/m1/s1. The lowest BCUT2D eigenvalue weighted by molar-refractivity contribution is -0.161. The summed E-state index contributed by atoms with van der Waals surface area (Å²) < 4.78 is 68.4. The van der Waals surface area contributed by atoms with E-state index < -0.39 is 97.5 Å². The number of aliphatic hydroxyl groups excluding tert-OH is 1. The maximum absolute atomic E-state index is 13.0. The molecule has 0 aliphatic heterocycles. The molecule has 6 atom stereocenters. The smallest absolute Gasteiger partial charge is 0.462 e. The van der Waals surface area contributed by atoms with Gasteiger partial charge in [0.1, 0.15) is 19.3 Å². The van der Waals surface area contributed by atoms with Gasteiger partial charge in [0.25, 0.3) is 0 Å². The maximum Gasteiger partial charge on any atom is 0.472 e. The average Bonchev–Trinajstić information content (AvgIpc) is 3.67. The zero-order valence-electron chi connectivity index (χ0n) is 59.1. The van der Waals surface area contributed by atoms with E-state index in [1.54, 1.807) is 0 Å². The van der Waals surface area contributed by atoms with Crippen LogP contribution in [0.15, 0.2) is 0 Å². The van der Waals surface area contributed by atoms with Gasteiger partial charge in [-0.15, -0.1) is 0 Å². The fourth-order valence-electron chi connectivity index (χ4n) is 10.9. The van der Waals surface area contributed by atoms with Gasteiger partial charge in [0, 0.05) is 25.7 Å². The van der Waals surface area contributed by atoms with Crippen LogP contribution >= 0.6 is 15.6 Å². The molecule has 0 aliphatic rings. The third-order valence-corrected chi connectivity index (χ3v) is 19.0. The summed E-state index contributed by atoms with van der Waals surface area (Å²) in [7, 11) is -9.90. The summed E-state index contributed by atoms with van der Waals surface area (Å²) in [5.41, 5.74) is 0. The Hall–Kier alpha value is -1.94. The Labute approximate surface area is 556 Å². The zero-order chi connectivity index (χ0) is 67.2. The predicted molar refractivity (Wildman–Crippen MR) is 368 cm³/mol. The van der Waals surface area contributed by atoms with E-state index >= 15 is 0 Å². The molecule has 3 unspecified atom stereocenters. The second-order valence-electron chi connectivity index (χ2n) is 26.7. The number of ether oxygens (including phenoxy) is 4. The number of aliphatic hydroxyl groups is 1. The lowest BCUT2D eigenvalue weighted by Crippen LogP contribution is -2.30. The van der Waals surface area contributed by atoms with Crippen molar-refractivity contribution in [3.05, 3.63) is 0 Å². The van der Waals surface area contributed by atoms with Crippen LogP contribution in [0.25, 0.3) is 0 Å². The van der Waals surface area contributed by atoms with Gasteiger partial charge in [-0.2, -0.15) is 0 Å². The van der Waals surface area contributed by atoms with Gasteiger partial charge in [-0.3, -0.25) is 37.3 Å². The van der Waals surface area contributed by atoms with Gasteiger partial charge in [-0.1, -0.05) is 318 Å². The highest BCUT2D eigenvalue weighted by molar-refractivity contribution is 7.47. The third-order valence-electron chi connectivity index (χ3n) is 17.1. The number of phosphoric acid groups is 2. The number of hydrogen-bond acceptors (Lipinski definition) is 15. The number of unbranched alkanes of at least 4 members (excludes halogenated alkanes) is 40. The molecule has 0 saturated carbocycles. The number of esters is 4. The molecule has 540 valence electrons. The summed E-state index contributed by atoms with van der Waals surface area (Å²) >= 11 is 0. The highest BCUT2D eigenvalue weighted by Crippen LogP contribution is 2.45. The van der Waals surface area contributed by atoms with Crippen molar-refractivity contribution in [1.29, 1.82) is 0 Å². The van der Waals surface area contributed by atoms with Crippen LogP contribution in [0.1, 0.15) is 369 Å². The van der Waals surface area contributed by atoms with Crippen LogP contribution in [0.3, 0.4) is 0 Å². The molecule has 17 nitrogen and oxygen atoms in total. The molecule has 91 heavy (non-hydrogen) atoms. The van der Waals surface area contributed by atoms with Crippen LogP contribution in [0, 0.1) is 11.8 Å². The number of carbonyl (C=O) groups is 4. The van der Waals surface area contributed by atoms with E-state index in [4.69, 9.17) is 37.0 Å². The normalized spacial score (nSPS) is 14.4. The Morgan fingerprint density at radius 3 is 0.835 bits per heavy atom. The molecule has 0 fully saturated rings. The number of carbonyl (C=O) groups excluding carboxylic acids is 4. The second kappa shape index (κ2) is 64.1. The molecule has 0 rings (SSSR count). The summed E-state index contributed by atoms with van der Waals surface area (Å²) in [5, 5.41) is 10.6. The van der Waals surface area contributed by atoms with Gasteiger partial charge in [0.2, 0.25) is 0 Å². The molecule has 19 heteroatoms. The molecule has 0 aromatic rings. The lowest BCUT2D eigenvalue weighted by Gasteiger charge is -2.21. The minimum absolute atomic E-state index is 0.104. The molecule has 0 aromatic heterocycles. The fourth-order valence-corrected chi connectivity index (χ4v) is 12.5. The van der Waals surface area contributed by atoms with Crippen molar-refractivity contribution in [3.8, 4) is 0 Å². The molecule has 3 N–H and O–H groups in total. The first-order valence-electron chi connectivity index (χ1n) is 37.5. The quantitative estimate of drug-likeness (QED) is 0.0222. The molecule has 0 saturated heterocycles. The topological polar surface area (TPSA) is 237 Å². The third kappa shape index (κ3) is 65.1. The van der Waals surface area contributed by atoms with E-state index in [0.29, 0.717) is 25.7 Å². The van der Waals surface area contributed by atoms with Crippen molar-refractivity contribution in [2.75, 3.05) is 39.6 Å². The molecule has 0 spiro atoms. The van der Waals surface area contributed by atoms with Crippen LogP contribution in [0.4, 0.5) is 0 Å². The molecule has 0 bridgehead atoms. The SMILES string of the molecule is CCCCCCCCCCCCCCCCCCC(=O)O[C@H](COC(=O)CCCCCCCCCCCCCCCC)COP(=O)(O)OC[C@@H](O)COP(=O)(O)OC[C@@H](COC(=O)CCCCCCCCC(C)CC)OC(=O)CCCCCCCCCCC(C)C. The molecular formula is C72H140O17P2. The van der Waals surface area contributed by atoms with Gasteiger partial charge in [0.05, 0.1) is 26.4 Å². The molecule has 0 heterocycles. The van der Waals surface area contributed by atoms with Gasteiger partial charge in [0.15, 0.2) is 12.2 Å². The Morgan fingerprint density at radius 1 is 0.319 bits per heavy atom. The van der Waals surface area contributed by atoms with Crippen LogP contribution in [-0.4, -0.2) is 96.7 Å². The molecule has 0 aliphatic carbocycles. The molecule has 0 amide bonds. The maximum atomic E-state index is 13.0. The van der Waals surface area contributed by atoms with Crippen molar-refractivity contribution in [3.63, 3.8) is 0 Å². The van der Waals surface area contributed by atoms with Gasteiger partial charge < -0.3 is 33.8 Å². The fraction of sp³-hybridized carbons (Fsp3) is 0.944. The Bertz CT molecular complexity index is 1770. The summed E-state index contributed by atoms with van der Waals surface area (Å²) in [6, 6.07) is 0. The van der Waals surface area contributed by atoms with Crippen molar-refractivity contribution in [2.24, 2.45) is 11.8 Å². The van der Waals surface area contributed by atoms with E-state index in [1.807, 2.05) is 0 Å². The summed E-state index contributed by atoms with van der Waals surface area (Å²) in [6.07, 6.45) is 50.0. The molecular weight excluding hydrogens is 1200 g/mol. The first-order chi connectivity index (χ1) is 43.9. The number of phosphoric ester groups is 2. The molecule has 0 radical (unpaired) electrons. The summed E-state index contributed by atoms with van der Waals surface area (Å²) in [5.74, 6) is -0.673. The van der Waals surface area contributed by atoms with E-state index in [0.717, 1.165) is 108 Å². The van der Waals surface area contributed by atoms with Crippen molar-refractivity contribution < 1.29 is 80.2 Å². The van der Waals surface area contributed by atoms with E-state index in [9.17, 15) is 43.2 Å². The highest BCUT2D eigenvalue weighted by Gasteiger charge is 2.30. The van der Waals surface area contributed by atoms with E-state index in [-0.39, 0.29) is 25.7 Å². The van der Waals surface area contributed by atoms with E-state index in [1.165, 1.54) is 180 Å². The lowest BCUT2D eigenvalue weighted by atomic mass is 10.00. The second-order valence-corrected chi connectivity index (χ2v) is 29.6. The summed E-state index contributed by atoms with van der Waals surface area (Å²) in [4.78, 5) is 72.6. The van der Waals surface area contributed by atoms with Gasteiger partial charge >= 0.3 is 39.5 Å². The van der Waals surface area contributed by atoms with Crippen LogP contribution in [-0.2, 0) is 65.4 Å². The number of hydrogen-bond donors (Lipinski definition) is 3. The van der Waals surface area contributed by atoms with Crippen LogP contribution in [0.5, 0.6) is 0 Å². The number of rotatable bonds is 71. The summed E-state index contributed by atoms with van der Waals surface area (Å²) in [6.45, 7) is 9.49. The highest BCUT2D eigenvalue weighted by atomic mass is 31.2.